The molecule has 0 aliphatic heterocycles. The van der Waals surface area contributed by atoms with E-state index >= 15 is 0 Å². The van der Waals surface area contributed by atoms with Gasteiger partial charge in [-0.15, -0.1) is 0 Å². The summed E-state index contributed by atoms with van der Waals surface area (Å²) in [5, 5.41) is 2.92. The molecular formula is C13H10BrF3N2O. The van der Waals surface area contributed by atoms with Crippen LogP contribution in [0.15, 0.2) is 40.9 Å². The van der Waals surface area contributed by atoms with Gasteiger partial charge in [-0.25, -0.2) is 4.39 Å². The zero-order valence-corrected chi connectivity index (χ0v) is 11.6. The zero-order chi connectivity index (χ0) is 14.7. The normalized spacial score (nSPS) is 10.7. The molecule has 0 aliphatic rings. The highest BCUT2D eigenvalue weighted by Crippen LogP contribution is 2.33. The predicted octanol–water partition coefficient (Wildman–Crippen LogP) is 4.52. The number of alkyl halides is 2. The molecule has 0 saturated heterocycles. The van der Waals surface area contributed by atoms with Crippen LogP contribution >= 0.6 is 15.9 Å². The first-order valence-corrected chi connectivity index (χ1v) is 6.32. The maximum Gasteiger partial charge on any atom is 0.387 e. The van der Waals surface area contributed by atoms with Crippen molar-refractivity contribution < 1.29 is 17.9 Å². The highest BCUT2D eigenvalue weighted by molar-refractivity contribution is 9.10. The lowest BCUT2D eigenvalue weighted by molar-refractivity contribution is -0.0521. The van der Waals surface area contributed by atoms with E-state index in [1.807, 2.05) is 6.07 Å². The fourth-order valence-corrected chi connectivity index (χ4v) is 1.95. The molecule has 0 aromatic heterocycles. The standard InChI is InChI=1S/C13H10BrF3N2O/c14-7-3-1-2-4-10(7)19-11-6-12(20-13(16)17)8(15)5-9(11)18/h1-6,13,19H,18H2. The molecule has 0 amide bonds. The van der Waals surface area contributed by atoms with Crippen LogP contribution in [-0.2, 0) is 0 Å². The number of hydrogen-bond acceptors (Lipinski definition) is 3. The van der Waals surface area contributed by atoms with Crippen LogP contribution in [0.25, 0.3) is 0 Å². The number of nitrogens with one attached hydrogen (secondary N) is 1. The third-order valence-electron chi connectivity index (χ3n) is 2.46. The van der Waals surface area contributed by atoms with E-state index in [9.17, 15) is 13.2 Å². The number of nitrogens with two attached hydrogens (primary N) is 1. The average Bonchev–Trinajstić information content (AvgIpc) is 2.37. The number of nitrogen functional groups attached to an aromatic ring is 1. The van der Waals surface area contributed by atoms with Crippen molar-refractivity contribution in [3.63, 3.8) is 0 Å². The van der Waals surface area contributed by atoms with Crippen LogP contribution in [0, 0.1) is 5.82 Å². The largest absolute Gasteiger partial charge is 0.432 e. The Hall–Kier alpha value is -1.89. The molecule has 0 saturated carbocycles. The average molecular weight is 347 g/mol. The number of rotatable bonds is 4. The van der Waals surface area contributed by atoms with Crippen molar-refractivity contribution in [2.24, 2.45) is 0 Å². The molecule has 0 aliphatic carbocycles. The van der Waals surface area contributed by atoms with Gasteiger partial charge in [0.15, 0.2) is 11.6 Å². The van der Waals surface area contributed by atoms with E-state index < -0.39 is 18.2 Å². The van der Waals surface area contributed by atoms with Crippen LogP contribution in [-0.4, -0.2) is 6.61 Å². The molecule has 0 bridgehead atoms. The fourth-order valence-electron chi connectivity index (χ4n) is 1.57. The van der Waals surface area contributed by atoms with Gasteiger partial charge in [0.1, 0.15) is 0 Å². The van der Waals surface area contributed by atoms with Crippen LogP contribution in [0.3, 0.4) is 0 Å². The van der Waals surface area contributed by atoms with E-state index in [0.717, 1.165) is 16.6 Å². The smallest absolute Gasteiger partial charge is 0.387 e. The van der Waals surface area contributed by atoms with Crippen molar-refractivity contribution in [2.75, 3.05) is 11.1 Å². The van der Waals surface area contributed by atoms with E-state index in [-0.39, 0.29) is 11.4 Å². The van der Waals surface area contributed by atoms with Gasteiger partial charge < -0.3 is 15.8 Å². The van der Waals surface area contributed by atoms with Crippen LogP contribution in [0.2, 0.25) is 0 Å². The van der Waals surface area contributed by atoms with Gasteiger partial charge in [-0.2, -0.15) is 8.78 Å². The molecule has 2 aromatic rings. The zero-order valence-electron chi connectivity index (χ0n) is 10.0. The quantitative estimate of drug-likeness (QED) is 0.800. The van der Waals surface area contributed by atoms with E-state index in [4.69, 9.17) is 5.73 Å². The van der Waals surface area contributed by atoms with Crippen molar-refractivity contribution in [1.82, 2.24) is 0 Å². The maximum absolute atomic E-state index is 13.4. The van der Waals surface area contributed by atoms with Crippen molar-refractivity contribution in [2.45, 2.75) is 6.61 Å². The minimum absolute atomic E-state index is 0.0832. The Morgan fingerprint density at radius 3 is 2.50 bits per heavy atom. The third kappa shape index (κ3) is 3.36. The summed E-state index contributed by atoms with van der Waals surface area (Å²) in [5.41, 5.74) is 6.67. The monoisotopic (exact) mass is 346 g/mol. The first kappa shape index (κ1) is 14.5. The lowest BCUT2D eigenvalue weighted by Crippen LogP contribution is -2.06. The summed E-state index contributed by atoms with van der Waals surface area (Å²) in [5.74, 6) is -1.51. The molecule has 7 heteroatoms. The molecule has 0 spiro atoms. The molecule has 106 valence electrons. The number of anilines is 3. The highest BCUT2D eigenvalue weighted by Gasteiger charge is 2.14. The Morgan fingerprint density at radius 2 is 1.85 bits per heavy atom. The number of hydrogen-bond donors (Lipinski definition) is 2. The van der Waals surface area contributed by atoms with Crippen LogP contribution in [0.1, 0.15) is 0 Å². The summed E-state index contributed by atoms with van der Waals surface area (Å²) >= 11 is 3.32. The molecule has 2 rings (SSSR count). The summed E-state index contributed by atoms with van der Waals surface area (Å²) in [6.07, 6.45) is 0. The van der Waals surface area contributed by atoms with Crippen LogP contribution < -0.4 is 15.8 Å². The van der Waals surface area contributed by atoms with Crippen molar-refractivity contribution in [3.05, 3.63) is 46.7 Å². The predicted molar refractivity (Wildman–Crippen MR) is 74.9 cm³/mol. The van der Waals surface area contributed by atoms with Crippen molar-refractivity contribution in [1.29, 1.82) is 0 Å². The minimum Gasteiger partial charge on any atom is -0.432 e. The van der Waals surface area contributed by atoms with Crippen molar-refractivity contribution in [3.8, 4) is 5.75 Å². The number of para-hydroxylation sites is 1. The van der Waals surface area contributed by atoms with E-state index in [0.29, 0.717) is 5.69 Å². The lowest BCUT2D eigenvalue weighted by Gasteiger charge is -2.13. The van der Waals surface area contributed by atoms with Gasteiger partial charge in [0.05, 0.1) is 17.1 Å². The summed E-state index contributed by atoms with van der Waals surface area (Å²) in [7, 11) is 0. The molecule has 0 unspecified atom stereocenters. The molecule has 0 heterocycles. The third-order valence-corrected chi connectivity index (χ3v) is 3.15. The second kappa shape index (κ2) is 6.04. The first-order valence-electron chi connectivity index (χ1n) is 5.52. The molecule has 2 aromatic carbocycles. The van der Waals surface area contributed by atoms with E-state index in [1.54, 1.807) is 18.2 Å². The van der Waals surface area contributed by atoms with Gasteiger partial charge in [0.25, 0.3) is 0 Å². The van der Waals surface area contributed by atoms with Gasteiger partial charge in [0, 0.05) is 16.6 Å². The number of halogens is 4. The molecular weight excluding hydrogens is 337 g/mol. The Morgan fingerprint density at radius 1 is 1.15 bits per heavy atom. The summed E-state index contributed by atoms with van der Waals surface area (Å²) in [6, 6.07) is 9.16. The van der Waals surface area contributed by atoms with Crippen LogP contribution in [0.5, 0.6) is 5.75 Å². The van der Waals surface area contributed by atoms with Gasteiger partial charge in [-0.05, 0) is 28.1 Å². The Bertz CT molecular complexity index is 623. The molecule has 3 N–H and O–H groups in total. The number of ether oxygens (including phenoxy) is 1. The molecule has 20 heavy (non-hydrogen) atoms. The summed E-state index contributed by atoms with van der Waals surface area (Å²) in [6.45, 7) is -3.11. The van der Waals surface area contributed by atoms with Crippen LogP contribution in [0.4, 0.5) is 30.2 Å². The highest BCUT2D eigenvalue weighted by atomic mass is 79.9. The molecule has 0 fully saturated rings. The van der Waals surface area contributed by atoms with E-state index in [1.165, 1.54) is 0 Å². The topological polar surface area (TPSA) is 47.3 Å². The van der Waals surface area contributed by atoms with E-state index in [2.05, 4.69) is 26.0 Å². The maximum atomic E-state index is 13.4. The summed E-state index contributed by atoms with van der Waals surface area (Å²) < 4.78 is 42.6. The second-order valence-corrected chi connectivity index (χ2v) is 4.71. The summed E-state index contributed by atoms with van der Waals surface area (Å²) in [4.78, 5) is 0. The second-order valence-electron chi connectivity index (χ2n) is 3.85. The fraction of sp³-hybridized carbons (Fsp3) is 0.0769. The van der Waals surface area contributed by atoms with Gasteiger partial charge >= 0.3 is 6.61 Å². The SMILES string of the molecule is Nc1cc(F)c(OC(F)F)cc1Nc1ccccc1Br. The molecule has 3 nitrogen and oxygen atoms in total. The first-order chi connectivity index (χ1) is 9.47. The van der Waals surface area contributed by atoms with Gasteiger partial charge in [0.2, 0.25) is 0 Å². The van der Waals surface area contributed by atoms with Crippen molar-refractivity contribution >= 4 is 33.0 Å². The van der Waals surface area contributed by atoms with Gasteiger partial charge in [-0.3, -0.25) is 0 Å². The molecule has 0 atom stereocenters. The Kier molecular flexibility index (Phi) is 4.39. The Labute approximate surface area is 121 Å². The number of benzene rings is 2. The Balaban J connectivity index is 2.34. The lowest BCUT2D eigenvalue weighted by atomic mass is 10.2. The minimum atomic E-state index is -3.11. The molecule has 0 radical (unpaired) electrons. The van der Waals surface area contributed by atoms with Gasteiger partial charge in [-0.1, -0.05) is 12.1 Å².